The molecule has 3 heterocycles. The molecular weight excluding hydrogens is 300 g/mol. The molecule has 11 heteroatoms. The highest BCUT2D eigenvalue weighted by atomic mass is 32.2. The fourth-order valence-corrected chi connectivity index (χ4v) is 4.21. The van der Waals surface area contributed by atoms with Gasteiger partial charge in [0.25, 0.3) is 5.91 Å². The van der Waals surface area contributed by atoms with Crippen LogP contribution in [0, 0.1) is 0 Å². The number of urea groups is 1. The summed E-state index contributed by atoms with van der Waals surface area (Å²) in [5.41, 5.74) is 4.35. The van der Waals surface area contributed by atoms with Gasteiger partial charge in [0.2, 0.25) is 10.0 Å². The summed E-state index contributed by atoms with van der Waals surface area (Å²) >= 11 is 0. The summed E-state index contributed by atoms with van der Waals surface area (Å²) in [6, 6.07) is -0.609. The summed E-state index contributed by atoms with van der Waals surface area (Å²) in [7, 11) is -3.87. The minimum atomic E-state index is -3.87. The van der Waals surface area contributed by atoms with E-state index >= 15 is 0 Å². The van der Waals surface area contributed by atoms with Crippen LogP contribution in [0.2, 0.25) is 0 Å². The molecule has 5 N–H and O–H groups in total. The van der Waals surface area contributed by atoms with Crippen LogP contribution in [-0.2, 0) is 14.8 Å². The summed E-state index contributed by atoms with van der Waals surface area (Å²) in [5.74, 6) is -0.568. The minimum Gasteiger partial charge on any atom is -0.383 e. The fraction of sp³-hybridized carbons (Fsp3) is 0.500. The van der Waals surface area contributed by atoms with Crippen molar-refractivity contribution in [3.63, 3.8) is 0 Å². The van der Waals surface area contributed by atoms with E-state index in [1.54, 1.807) is 0 Å². The molecule has 1 spiro atoms. The number of nitrogen functional groups attached to an aromatic ring is 1. The average Bonchev–Trinajstić information content (AvgIpc) is 2.95. The van der Waals surface area contributed by atoms with Crippen molar-refractivity contribution in [2.75, 3.05) is 18.8 Å². The highest BCUT2D eigenvalue weighted by molar-refractivity contribution is 7.89. The second-order valence-electron chi connectivity index (χ2n) is 5.08. The Labute approximate surface area is 120 Å². The molecule has 3 amide bonds. The van der Waals surface area contributed by atoms with Gasteiger partial charge in [-0.3, -0.25) is 15.2 Å². The van der Waals surface area contributed by atoms with Crippen molar-refractivity contribution < 1.29 is 18.0 Å². The molecule has 1 aromatic heterocycles. The number of nitrogens with zero attached hydrogens (tertiary/aromatic N) is 2. The van der Waals surface area contributed by atoms with Gasteiger partial charge in [-0.1, -0.05) is 0 Å². The lowest BCUT2D eigenvalue weighted by atomic mass is 9.90. The second kappa shape index (κ2) is 4.43. The third-order valence-corrected chi connectivity index (χ3v) is 5.59. The van der Waals surface area contributed by atoms with Crippen LogP contribution >= 0.6 is 0 Å². The van der Waals surface area contributed by atoms with Crippen LogP contribution in [0.3, 0.4) is 0 Å². The predicted octanol–water partition coefficient (Wildman–Crippen LogP) is -1.65. The van der Waals surface area contributed by atoms with E-state index in [0.29, 0.717) is 12.8 Å². The first-order chi connectivity index (χ1) is 9.85. The van der Waals surface area contributed by atoms with Crippen LogP contribution in [0.4, 0.5) is 10.6 Å². The van der Waals surface area contributed by atoms with Crippen molar-refractivity contribution in [2.24, 2.45) is 0 Å². The Morgan fingerprint density at radius 3 is 2.71 bits per heavy atom. The molecule has 2 aliphatic heterocycles. The van der Waals surface area contributed by atoms with E-state index in [4.69, 9.17) is 5.73 Å². The molecule has 10 nitrogen and oxygen atoms in total. The van der Waals surface area contributed by atoms with Crippen LogP contribution < -0.4 is 16.4 Å². The van der Waals surface area contributed by atoms with E-state index in [2.05, 4.69) is 20.8 Å². The number of aromatic amines is 1. The first-order valence-corrected chi connectivity index (χ1v) is 7.72. The van der Waals surface area contributed by atoms with Gasteiger partial charge in [0.05, 0.1) is 6.20 Å². The average molecular weight is 314 g/mol. The van der Waals surface area contributed by atoms with Crippen molar-refractivity contribution in [2.45, 2.75) is 23.3 Å². The van der Waals surface area contributed by atoms with Gasteiger partial charge in [0, 0.05) is 13.1 Å². The van der Waals surface area contributed by atoms with Crippen molar-refractivity contribution in [1.82, 2.24) is 25.1 Å². The molecule has 1 atom stereocenters. The molecule has 0 radical (unpaired) electrons. The van der Waals surface area contributed by atoms with Gasteiger partial charge in [-0.05, 0) is 12.8 Å². The maximum Gasteiger partial charge on any atom is 0.322 e. The summed E-state index contributed by atoms with van der Waals surface area (Å²) in [6.07, 6.45) is 1.96. The van der Waals surface area contributed by atoms with Gasteiger partial charge in [0.15, 0.2) is 0 Å². The van der Waals surface area contributed by atoms with Gasteiger partial charge in [-0.2, -0.15) is 9.40 Å². The SMILES string of the molecule is Nc1[nH]ncc1S(=O)(=O)N1CCCC2(C1)NC(=O)NC2=O. The second-order valence-corrected chi connectivity index (χ2v) is 6.99. The van der Waals surface area contributed by atoms with Crippen LogP contribution in [0.15, 0.2) is 11.1 Å². The summed E-state index contributed by atoms with van der Waals surface area (Å²) < 4.78 is 26.2. The van der Waals surface area contributed by atoms with Gasteiger partial charge < -0.3 is 11.1 Å². The topological polar surface area (TPSA) is 150 Å². The van der Waals surface area contributed by atoms with E-state index in [1.165, 1.54) is 0 Å². The maximum absolute atomic E-state index is 12.5. The molecule has 0 bridgehead atoms. The van der Waals surface area contributed by atoms with E-state index in [1.807, 2.05) is 0 Å². The first kappa shape index (κ1) is 13.8. The van der Waals surface area contributed by atoms with Crippen molar-refractivity contribution >= 4 is 27.8 Å². The third kappa shape index (κ3) is 2.05. The standard InChI is InChI=1S/C10H14N6O4S/c11-7-6(4-12-15-7)21(19,20)16-3-1-2-10(5-16)8(17)13-9(18)14-10/h4H,1-3,5H2,(H3,11,12,15)(H2,13,14,17,18). The minimum absolute atomic E-state index is 0.0606. The Kier molecular flexibility index (Phi) is 2.92. The number of amides is 3. The van der Waals surface area contributed by atoms with Crippen LogP contribution in [0.5, 0.6) is 0 Å². The Hall–Kier alpha value is -2.14. The molecule has 0 aromatic carbocycles. The number of aromatic nitrogens is 2. The molecular formula is C10H14N6O4S. The lowest BCUT2D eigenvalue weighted by molar-refractivity contribution is -0.125. The highest BCUT2D eigenvalue weighted by Gasteiger charge is 2.51. The molecule has 3 rings (SSSR count). The normalized spacial score (nSPS) is 26.9. The number of H-pyrrole nitrogens is 1. The smallest absolute Gasteiger partial charge is 0.322 e. The van der Waals surface area contributed by atoms with Gasteiger partial charge in [0.1, 0.15) is 16.3 Å². The Morgan fingerprint density at radius 2 is 2.14 bits per heavy atom. The van der Waals surface area contributed by atoms with E-state index in [-0.39, 0.29) is 23.8 Å². The quantitative estimate of drug-likeness (QED) is 0.480. The fourth-order valence-electron chi connectivity index (χ4n) is 2.67. The van der Waals surface area contributed by atoms with E-state index < -0.39 is 27.5 Å². The number of anilines is 1. The molecule has 1 aromatic rings. The number of nitrogens with two attached hydrogens (primary N) is 1. The lowest BCUT2D eigenvalue weighted by Gasteiger charge is -2.36. The van der Waals surface area contributed by atoms with Crippen molar-refractivity contribution in [3.8, 4) is 0 Å². The third-order valence-electron chi connectivity index (χ3n) is 3.72. The number of carbonyl (C=O) groups is 2. The Balaban J connectivity index is 1.92. The molecule has 0 saturated carbocycles. The largest absolute Gasteiger partial charge is 0.383 e. The first-order valence-electron chi connectivity index (χ1n) is 6.28. The number of carbonyl (C=O) groups excluding carboxylic acids is 2. The molecule has 1 unspecified atom stereocenters. The zero-order valence-electron chi connectivity index (χ0n) is 10.9. The van der Waals surface area contributed by atoms with Crippen LogP contribution in [0.1, 0.15) is 12.8 Å². The monoisotopic (exact) mass is 314 g/mol. The zero-order valence-corrected chi connectivity index (χ0v) is 11.7. The molecule has 2 saturated heterocycles. The molecule has 0 aliphatic carbocycles. The van der Waals surface area contributed by atoms with Gasteiger partial charge in [-0.15, -0.1) is 0 Å². The number of sulfonamides is 1. The van der Waals surface area contributed by atoms with E-state index in [9.17, 15) is 18.0 Å². The number of piperidine rings is 1. The number of hydrogen-bond acceptors (Lipinski definition) is 6. The van der Waals surface area contributed by atoms with Crippen molar-refractivity contribution in [1.29, 1.82) is 0 Å². The molecule has 114 valence electrons. The number of rotatable bonds is 2. The zero-order chi connectivity index (χ0) is 15.3. The van der Waals surface area contributed by atoms with Crippen molar-refractivity contribution in [3.05, 3.63) is 6.20 Å². The highest BCUT2D eigenvalue weighted by Crippen LogP contribution is 2.29. The van der Waals surface area contributed by atoms with Crippen LogP contribution in [0.25, 0.3) is 0 Å². The van der Waals surface area contributed by atoms with Crippen LogP contribution in [-0.4, -0.2) is 53.5 Å². The molecule has 2 aliphatic rings. The summed E-state index contributed by atoms with van der Waals surface area (Å²) in [5, 5.41) is 10.6. The Bertz CT molecular complexity index is 713. The van der Waals surface area contributed by atoms with E-state index in [0.717, 1.165) is 10.5 Å². The maximum atomic E-state index is 12.5. The van der Waals surface area contributed by atoms with Gasteiger partial charge in [-0.25, -0.2) is 13.2 Å². The predicted molar refractivity (Wildman–Crippen MR) is 70.4 cm³/mol. The molecule has 21 heavy (non-hydrogen) atoms. The Morgan fingerprint density at radius 1 is 1.38 bits per heavy atom. The summed E-state index contributed by atoms with van der Waals surface area (Å²) in [4.78, 5) is 23.1. The molecule has 2 fully saturated rings. The number of imide groups is 1. The van der Waals surface area contributed by atoms with Gasteiger partial charge >= 0.3 is 6.03 Å². The number of nitrogens with one attached hydrogen (secondary N) is 3. The lowest BCUT2D eigenvalue weighted by Crippen LogP contribution is -2.59. The summed E-state index contributed by atoms with van der Waals surface area (Å²) in [6.45, 7) is 0.120. The number of hydrogen-bond donors (Lipinski definition) is 4.